The molecule has 0 amide bonds. The molecule has 0 spiro atoms. The highest BCUT2D eigenvalue weighted by Crippen LogP contribution is 2.54. The van der Waals surface area contributed by atoms with Gasteiger partial charge in [0.25, 0.3) is 0 Å². The molecule has 19 heavy (non-hydrogen) atoms. The summed E-state index contributed by atoms with van der Waals surface area (Å²) < 4.78 is 0. The van der Waals surface area contributed by atoms with Crippen molar-refractivity contribution in [3.8, 4) is 0 Å². The molecule has 102 valence electrons. The van der Waals surface area contributed by atoms with Crippen LogP contribution in [0, 0.1) is 23.7 Å². The number of nitrogens with one attached hydrogen (secondary N) is 1. The molecule has 0 aromatic heterocycles. The lowest BCUT2D eigenvalue weighted by molar-refractivity contribution is 0.00754. The van der Waals surface area contributed by atoms with Gasteiger partial charge in [-0.1, -0.05) is 19.1 Å². The molecule has 1 aromatic rings. The number of benzene rings is 1. The SMILES string of the molecule is CCc1cccc(NC2C3CC4CC(C3)CC2C4)c1. The van der Waals surface area contributed by atoms with E-state index in [2.05, 4.69) is 36.5 Å². The molecule has 0 heterocycles. The maximum atomic E-state index is 3.90. The van der Waals surface area contributed by atoms with E-state index in [0.29, 0.717) is 0 Å². The number of aryl methyl sites for hydroxylation is 1. The van der Waals surface area contributed by atoms with E-state index in [-0.39, 0.29) is 0 Å². The predicted octanol–water partition coefficient (Wildman–Crippen LogP) is 4.49. The van der Waals surface area contributed by atoms with Gasteiger partial charge in [0, 0.05) is 11.7 Å². The van der Waals surface area contributed by atoms with Crippen molar-refractivity contribution < 1.29 is 0 Å². The van der Waals surface area contributed by atoms with Crippen LogP contribution in [0.4, 0.5) is 5.69 Å². The van der Waals surface area contributed by atoms with Gasteiger partial charge < -0.3 is 5.32 Å². The topological polar surface area (TPSA) is 12.0 Å². The molecule has 0 atom stereocenters. The van der Waals surface area contributed by atoms with Crippen LogP contribution < -0.4 is 5.32 Å². The molecule has 4 aliphatic rings. The van der Waals surface area contributed by atoms with Gasteiger partial charge in [-0.05, 0) is 79.9 Å². The summed E-state index contributed by atoms with van der Waals surface area (Å²) in [6, 6.07) is 9.81. The quantitative estimate of drug-likeness (QED) is 0.839. The minimum Gasteiger partial charge on any atom is -0.382 e. The fourth-order valence-electron chi connectivity index (χ4n) is 5.23. The zero-order valence-electron chi connectivity index (χ0n) is 11.9. The maximum Gasteiger partial charge on any atom is 0.0345 e. The van der Waals surface area contributed by atoms with Gasteiger partial charge in [0.2, 0.25) is 0 Å². The number of hydrogen-bond acceptors (Lipinski definition) is 1. The summed E-state index contributed by atoms with van der Waals surface area (Å²) in [6.07, 6.45) is 8.68. The van der Waals surface area contributed by atoms with Crippen molar-refractivity contribution in [3.63, 3.8) is 0 Å². The Morgan fingerprint density at radius 1 is 1.00 bits per heavy atom. The zero-order valence-corrected chi connectivity index (χ0v) is 11.9. The normalized spacial score (nSPS) is 39.5. The Hall–Kier alpha value is -0.980. The second-order valence-electron chi connectivity index (χ2n) is 7.15. The standard InChI is InChI=1S/C18H25N/c1-2-12-4-3-5-17(11-12)19-18-15-7-13-6-14(9-15)10-16(18)8-13/h3-5,11,13-16,18-19H,2,6-10H2,1H3. The Bertz CT molecular complexity index is 437. The molecule has 0 saturated heterocycles. The van der Waals surface area contributed by atoms with Gasteiger partial charge >= 0.3 is 0 Å². The van der Waals surface area contributed by atoms with Crippen LogP contribution in [-0.2, 0) is 6.42 Å². The molecule has 4 bridgehead atoms. The molecule has 1 nitrogen and oxygen atoms in total. The number of hydrogen-bond donors (Lipinski definition) is 1. The lowest BCUT2D eigenvalue weighted by Crippen LogP contribution is -2.51. The Kier molecular flexibility index (Phi) is 2.82. The van der Waals surface area contributed by atoms with Gasteiger partial charge in [0.15, 0.2) is 0 Å². The minimum absolute atomic E-state index is 0.764. The van der Waals surface area contributed by atoms with E-state index in [1.54, 1.807) is 6.42 Å². The third kappa shape index (κ3) is 2.07. The van der Waals surface area contributed by atoms with Gasteiger partial charge in [-0.25, -0.2) is 0 Å². The van der Waals surface area contributed by atoms with Crippen molar-refractivity contribution in [2.75, 3.05) is 5.32 Å². The van der Waals surface area contributed by atoms with E-state index >= 15 is 0 Å². The largest absolute Gasteiger partial charge is 0.382 e. The van der Waals surface area contributed by atoms with Crippen LogP contribution >= 0.6 is 0 Å². The molecule has 4 aliphatic carbocycles. The van der Waals surface area contributed by atoms with Crippen molar-refractivity contribution in [2.45, 2.75) is 51.5 Å². The summed E-state index contributed by atoms with van der Waals surface area (Å²) in [5.41, 5.74) is 2.81. The molecule has 4 fully saturated rings. The van der Waals surface area contributed by atoms with Crippen molar-refractivity contribution in [2.24, 2.45) is 23.7 Å². The Morgan fingerprint density at radius 3 is 2.32 bits per heavy atom. The van der Waals surface area contributed by atoms with Crippen LogP contribution in [0.5, 0.6) is 0 Å². The van der Waals surface area contributed by atoms with Crippen LogP contribution in [0.25, 0.3) is 0 Å². The highest BCUT2D eigenvalue weighted by molar-refractivity contribution is 5.47. The van der Waals surface area contributed by atoms with Gasteiger partial charge in [-0.2, -0.15) is 0 Å². The summed E-state index contributed by atoms with van der Waals surface area (Å²) in [5.74, 6) is 4.06. The first kappa shape index (κ1) is 11.8. The molecule has 0 radical (unpaired) electrons. The highest BCUT2D eigenvalue weighted by atomic mass is 14.9. The van der Waals surface area contributed by atoms with Gasteiger partial charge in [0.1, 0.15) is 0 Å². The van der Waals surface area contributed by atoms with Crippen LogP contribution in [0.1, 0.15) is 44.6 Å². The van der Waals surface area contributed by atoms with Crippen LogP contribution in [0.2, 0.25) is 0 Å². The van der Waals surface area contributed by atoms with E-state index in [1.807, 2.05) is 0 Å². The molecular weight excluding hydrogens is 230 g/mol. The molecule has 0 unspecified atom stereocenters. The Morgan fingerprint density at radius 2 is 1.68 bits per heavy atom. The molecule has 1 heteroatoms. The molecule has 5 rings (SSSR count). The van der Waals surface area contributed by atoms with Crippen LogP contribution in [0.15, 0.2) is 24.3 Å². The average molecular weight is 255 g/mol. The van der Waals surface area contributed by atoms with Crippen molar-refractivity contribution in [3.05, 3.63) is 29.8 Å². The first-order valence-electron chi connectivity index (χ1n) is 8.17. The number of anilines is 1. The molecule has 1 aromatic carbocycles. The molecule has 4 saturated carbocycles. The second kappa shape index (κ2) is 4.54. The van der Waals surface area contributed by atoms with Crippen molar-refractivity contribution in [1.29, 1.82) is 0 Å². The molecular formula is C18H25N. The highest BCUT2D eigenvalue weighted by Gasteiger charge is 2.48. The smallest absolute Gasteiger partial charge is 0.0345 e. The molecule has 1 N–H and O–H groups in total. The Labute approximate surface area is 116 Å². The first-order valence-corrected chi connectivity index (χ1v) is 8.17. The van der Waals surface area contributed by atoms with Gasteiger partial charge in [-0.15, -0.1) is 0 Å². The summed E-state index contributed by atoms with van der Waals surface area (Å²) in [6.45, 7) is 2.24. The van der Waals surface area contributed by atoms with Crippen molar-refractivity contribution >= 4 is 5.69 Å². The van der Waals surface area contributed by atoms with E-state index in [1.165, 1.54) is 36.9 Å². The van der Waals surface area contributed by atoms with E-state index < -0.39 is 0 Å². The fraction of sp³-hybridized carbons (Fsp3) is 0.667. The van der Waals surface area contributed by atoms with Gasteiger partial charge in [-0.3, -0.25) is 0 Å². The summed E-state index contributed by atoms with van der Waals surface area (Å²) >= 11 is 0. The monoisotopic (exact) mass is 255 g/mol. The maximum absolute atomic E-state index is 3.90. The molecule has 0 aliphatic heterocycles. The minimum atomic E-state index is 0.764. The summed E-state index contributed by atoms with van der Waals surface area (Å²) in [5, 5.41) is 3.90. The second-order valence-corrected chi connectivity index (χ2v) is 7.15. The van der Waals surface area contributed by atoms with Crippen molar-refractivity contribution in [1.82, 2.24) is 0 Å². The third-order valence-electron chi connectivity index (χ3n) is 5.90. The van der Waals surface area contributed by atoms with E-state index in [0.717, 1.165) is 36.1 Å². The summed E-state index contributed by atoms with van der Waals surface area (Å²) in [7, 11) is 0. The zero-order chi connectivity index (χ0) is 12.8. The van der Waals surface area contributed by atoms with Crippen LogP contribution in [0.3, 0.4) is 0 Å². The third-order valence-corrected chi connectivity index (χ3v) is 5.90. The first-order chi connectivity index (χ1) is 9.31. The Balaban J connectivity index is 1.53. The van der Waals surface area contributed by atoms with Gasteiger partial charge in [0.05, 0.1) is 0 Å². The average Bonchev–Trinajstić information content (AvgIpc) is 2.42. The lowest BCUT2D eigenvalue weighted by atomic mass is 9.54. The summed E-state index contributed by atoms with van der Waals surface area (Å²) in [4.78, 5) is 0. The van der Waals surface area contributed by atoms with E-state index in [4.69, 9.17) is 0 Å². The predicted molar refractivity (Wildman–Crippen MR) is 80.3 cm³/mol. The van der Waals surface area contributed by atoms with Crippen LogP contribution in [-0.4, -0.2) is 6.04 Å². The fourth-order valence-corrected chi connectivity index (χ4v) is 5.23. The number of rotatable bonds is 3. The lowest BCUT2D eigenvalue weighted by Gasteiger charge is -2.54. The van der Waals surface area contributed by atoms with E-state index in [9.17, 15) is 0 Å².